The molecule has 4 heteroatoms. The Labute approximate surface area is 125 Å². The van der Waals surface area contributed by atoms with E-state index in [1.807, 2.05) is 6.07 Å². The molecule has 1 fully saturated rings. The van der Waals surface area contributed by atoms with Gasteiger partial charge in [0.1, 0.15) is 0 Å². The molecule has 0 radical (unpaired) electrons. The average Bonchev–Trinajstić information content (AvgIpc) is 2.49. The summed E-state index contributed by atoms with van der Waals surface area (Å²) in [6, 6.07) is 5.83. The first-order valence-corrected chi connectivity index (χ1v) is 7.64. The molecule has 20 heavy (non-hydrogen) atoms. The maximum atomic E-state index is 11.6. The number of anilines is 1. The highest BCUT2D eigenvalue weighted by Crippen LogP contribution is 2.29. The number of benzene rings is 1. The summed E-state index contributed by atoms with van der Waals surface area (Å²) in [7, 11) is 1.36. The molecule has 0 saturated heterocycles. The Kier molecular flexibility index (Phi) is 5.30. The highest BCUT2D eigenvalue weighted by molar-refractivity contribution is 6.33. The van der Waals surface area contributed by atoms with E-state index in [-0.39, 0.29) is 0 Å². The molecule has 1 aromatic rings. The van der Waals surface area contributed by atoms with Crippen LogP contribution in [0.25, 0.3) is 0 Å². The number of hydrogen-bond donors (Lipinski definition) is 1. The van der Waals surface area contributed by atoms with Crippen molar-refractivity contribution in [3.05, 3.63) is 28.8 Å². The quantitative estimate of drug-likeness (QED) is 0.831. The van der Waals surface area contributed by atoms with Crippen molar-refractivity contribution in [1.29, 1.82) is 0 Å². The fourth-order valence-corrected chi connectivity index (χ4v) is 3.09. The second kappa shape index (κ2) is 6.98. The van der Waals surface area contributed by atoms with Crippen LogP contribution in [0.1, 0.15) is 49.4 Å². The number of ether oxygens (including phenoxy) is 1. The van der Waals surface area contributed by atoms with Gasteiger partial charge in [0.05, 0.1) is 17.7 Å². The summed E-state index contributed by atoms with van der Waals surface area (Å²) >= 11 is 6.03. The molecule has 110 valence electrons. The molecule has 1 saturated carbocycles. The highest BCUT2D eigenvalue weighted by atomic mass is 35.5. The summed E-state index contributed by atoms with van der Waals surface area (Å²) in [5.41, 5.74) is 1.34. The van der Waals surface area contributed by atoms with Crippen LogP contribution in [-0.2, 0) is 4.74 Å². The first kappa shape index (κ1) is 15.2. The molecule has 1 aliphatic carbocycles. The summed E-state index contributed by atoms with van der Waals surface area (Å²) in [6.45, 7) is 2.21. The van der Waals surface area contributed by atoms with Gasteiger partial charge in [-0.2, -0.15) is 0 Å². The van der Waals surface area contributed by atoms with Gasteiger partial charge in [0.25, 0.3) is 0 Å². The third-order valence-corrected chi connectivity index (χ3v) is 4.45. The number of nitrogens with one attached hydrogen (secondary N) is 1. The van der Waals surface area contributed by atoms with E-state index in [1.165, 1.54) is 39.2 Å². The Bertz CT molecular complexity index is 470. The number of halogens is 1. The van der Waals surface area contributed by atoms with Crippen molar-refractivity contribution in [3.63, 3.8) is 0 Å². The molecular weight excluding hydrogens is 274 g/mol. The van der Waals surface area contributed by atoms with E-state index in [0.717, 1.165) is 5.69 Å². The van der Waals surface area contributed by atoms with Crippen LogP contribution in [0.4, 0.5) is 5.69 Å². The molecule has 3 nitrogen and oxygen atoms in total. The Balaban J connectivity index is 2.07. The van der Waals surface area contributed by atoms with Gasteiger partial charge in [-0.15, -0.1) is 0 Å². The minimum absolute atomic E-state index is 0.399. The van der Waals surface area contributed by atoms with E-state index in [9.17, 15) is 4.79 Å². The summed E-state index contributed by atoms with van der Waals surface area (Å²) in [5.74, 6) is 0.310. The van der Waals surface area contributed by atoms with Crippen LogP contribution in [0.3, 0.4) is 0 Å². The van der Waals surface area contributed by atoms with Gasteiger partial charge in [-0.05, 0) is 43.9 Å². The third kappa shape index (κ3) is 3.66. The van der Waals surface area contributed by atoms with Crippen molar-refractivity contribution in [2.24, 2.45) is 5.92 Å². The fourth-order valence-electron chi connectivity index (χ4n) is 2.90. The van der Waals surface area contributed by atoms with E-state index in [2.05, 4.69) is 12.2 Å². The maximum absolute atomic E-state index is 11.6. The zero-order valence-corrected chi connectivity index (χ0v) is 12.9. The lowest BCUT2D eigenvalue weighted by molar-refractivity contribution is 0.0601. The van der Waals surface area contributed by atoms with E-state index >= 15 is 0 Å². The van der Waals surface area contributed by atoms with Crippen molar-refractivity contribution >= 4 is 23.3 Å². The second-order valence-corrected chi connectivity index (χ2v) is 5.92. The van der Waals surface area contributed by atoms with Crippen LogP contribution in [-0.4, -0.2) is 19.1 Å². The Hall–Kier alpha value is -1.22. The largest absolute Gasteiger partial charge is 0.465 e. The first-order chi connectivity index (χ1) is 9.61. The third-order valence-electron chi connectivity index (χ3n) is 4.12. The smallest absolute Gasteiger partial charge is 0.339 e. The van der Waals surface area contributed by atoms with Crippen molar-refractivity contribution in [1.82, 2.24) is 0 Å². The van der Waals surface area contributed by atoms with Crippen LogP contribution in [0.2, 0.25) is 5.02 Å². The van der Waals surface area contributed by atoms with E-state index in [4.69, 9.17) is 16.3 Å². The van der Waals surface area contributed by atoms with Gasteiger partial charge < -0.3 is 10.1 Å². The number of carbonyl (C=O) groups is 1. The summed E-state index contributed by atoms with van der Waals surface area (Å²) in [4.78, 5) is 11.6. The van der Waals surface area contributed by atoms with Crippen LogP contribution in [0, 0.1) is 5.92 Å². The number of rotatable bonds is 4. The zero-order valence-electron chi connectivity index (χ0n) is 12.1. The summed E-state index contributed by atoms with van der Waals surface area (Å²) in [5, 5.41) is 3.92. The zero-order chi connectivity index (χ0) is 14.5. The molecule has 2 rings (SSSR count). The maximum Gasteiger partial charge on any atom is 0.339 e. The predicted octanol–water partition coefficient (Wildman–Crippen LogP) is 4.51. The van der Waals surface area contributed by atoms with Crippen LogP contribution >= 0.6 is 11.6 Å². The molecule has 1 N–H and O–H groups in total. The first-order valence-electron chi connectivity index (χ1n) is 7.26. The standard InChI is InChI=1S/C16H22ClNO2/c1-11(12-6-4-3-5-7-12)18-13-8-9-15(17)14(10-13)16(19)20-2/h8-12,18H,3-7H2,1-2H3. The van der Waals surface area contributed by atoms with Gasteiger partial charge in [-0.1, -0.05) is 30.9 Å². The van der Waals surface area contributed by atoms with Crippen LogP contribution in [0.5, 0.6) is 0 Å². The Morgan fingerprint density at radius 1 is 1.35 bits per heavy atom. The molecule has 0 spiro atoms. The lowest BCUT2D eigenvalue weighted by Crippen LogP contribution is -2.27. The van der Waals surface area contributed by atoms with Crippen molar-refractivity contribution in [2.75, 3.05) is 12.4 Å². The lowest BCUT2D eigenvalue weighted by Gasteiger charge is -2.29. The van der Waals surface area contributed by atoms with Gasteiger partial charge in [0.15, 0.2) is 0 Å². The Morgan fingerprint density at radius 2 is 2.05 bits per heavy atom. The van der Waals surface area contributed by atoms with Gasteiger partial charge in [0, 0.05) is 11.7 Å². The van der Waals surface area contributed by atoms with Gasteiger partial charge in [-0.3, -0.25) is 0 Å². The number of methoxy groups -OCH3 is 1. The molecule has 0 aliphatic heterocycles. The normalized spacial score (nSPS) is 17.6. The second-order valence-electron chi connectivity index (χ2n) is 5.52. The topological polar surface area (TPSA) is 38.3 Å². The summed E-state index contributed by atoms with van der Waals surface area (Å²) < 4.78 is 4.74. The molecule has 0 heterocycles. The van der Waals surface area contributed by atoms with Crippen LogP contribution in [0.15, 0.2) is 18.2 Å². The van der Waals surface area contributed by atoms with Gasteiger partial charge in [-0.25, -0.2) is 4.79 Å². The van der Waals surface area contributed by atoms with Gasteiger partial charge >= 0.3 is 5.97 Å². The molecule has 1 atom stereocenters. The Morgan fingerprint density at radius 3 is 2.70 bits per heavy atom. The molecule has 0 aromatic heterocycles. The molecule has 1 unspecified atom stereocenters. The fraction of sp³-hybridized carbons (Fsp3) is 0.562. The monoisotopic (exact) mass is 295 g/mol. The SMILES string of the molecule is COC(=O)c1cc(NC(C)C2CCCCC2)ccc1Cl. The average molecular weight is 296 g/mol. The molecule has 0 bridgehead atoms. The van der Waals surface area contributed by atoms with Crippen molar-refractivity contribution in [2.45, 2.75) is 45.1 Å². The molecule has 0 amide bonds. The lowest BCUT2D eigenvalue weighted by atomic mass is 9.84. The van der Waals surface area contributed by atoms with Crippen LogP contribution < -0.4 is 5.32 Å². The molecular formula is C16H22ClNO2. The minimum Gasteiger partial charge on any atom is -0.465 e. The predicted molar refractivity (Wildman–Crippen MR) is 82.5 cm³/mol. The number of esters is 1. The highest BCUT2D eigenvalue weighted by Gasteiger charge is 2.20. The van der Waals surface area contributed by atoms with Crippen molar-refractivity contribution < 1.29 is 9.53 Å². The van der Waals surface area contributed by atoms with Gasteiger partial charge in [0.2, 0.25) is 0 Å². The number of hydrogen-bond acceptors (Lipinski definition) is 3. The van der Waals surface area contributed by atoms with Crippen molar-refractivity contribution in [3.8, 4) is 0 Å². The minimum atomic E-state index is -0.399. The van der Waals surface area contributed by atoms with E-state index in [0.29, 0.717) is 22.5 Å². The number of carbonyl (C=O) groups excluding carboxylic acids is 1. The molecule has 1 aromatic carbocycles. The molecule has 1 aliphatic rings. The summed E-state index contributed by atoms with van der Waals surface area (Å²) in [6.07, 6.45) is 6.57. The van der Waals surface area contributed by atoms with E-state index < -0.39 is 5.97 Å². The van der Waals surface area contributed by atoms with E-state index in [1.54, 1.807) is 12.1 Å².